The van der Waals surface area contributed by atoms with Crippen LogP contribution in [-0.4, -0.2) is 104 Å². The molecule has 26 heteroatoms. The number of ether oxygens (including phenoxy) is 1. The molecule has 3 aliphatic heterocycles. The van der Waals surface area contributed by atoms with Crippen molar-refractivity contribution in [2.75, 3.05) is 24.7 Å². The Morgan fingerprint density at radius 2 is 1.80 bits per heavy atom. The van der Waals surface area contributed by atoms with Crippen molar-refractivity contribution in [2.24, 2.45) is 0 Å². The Bertz CT molecular complexity index is 1950. The van der Waals surface area contributed by atoms with Gasteiger partial charge in [-0.15, -0.1) is 22.0 Å². The summed E-state index contributed by atoms with van der Waals surface area (Å²) in [5.41, 5.74) is 10.9. The highest BCUT2D eigenvalue weighted by molar-refractivity contribution is 8.07. The molecule has 0 saturated carbocycles. The number of fused-ring (bicyclic) bond motifs is 5. The first-order valence-corrected chi connectivity index (χ1v) is 17.8. The molecule has 242 valence electrons. The van der Waals surface area contributed by atoms with Crippen molar-refractivity contribution in [3.63, 3.8) is 0 Å². The Balaban J connectivity index is 1.21. The first-order chi connectivity index (χ1) is 21.3. The molecular weight excluding hydrogens is 690 g/mol. The van der Waals surface area contributed by atoms with E-state index in [0.717, 1.165) is 21.1 Å². The molecule has 4 aromatic rings. The number of halogens is 2. The van der Waals surface area contributed by atoms with Crippen LogP contribution in [0, 0.1) is 0 Å². The van der Waals surface area contributed by atoms with E-state index in [0.29, 0.717) is 0 Å². The van der Waals surface area contributed by atoms with E-state index < -0.39 is 80.8 Å². The predicted molar refractivity (Wildman–Crippen MR) is 152 cm³/mol. The van der Waals surface area contributed by atoms with Gasteiger partial charge >= 0.3 is 14.5 Å². The third kappa shape index (κ3) is 5.52. The molecule has 0 aliphatic carbocycles. The molecule has 0 spiro atoms. The Hall–Kier alpha value is -2.76. The Morgan fingerprint density at radius 3 is 2.60 bits per heavy atom. The summed E-state index contributed by atoms with van der Waals surface area (Å²) in [6.45, 7) is -5.88. The number of phosphoric acid groups is 1. The number of aromatic amines is 1. The summed E-state index contributed by atoms with van der Waals surface area (Å²) in [6.07, 6.45) is -9.45. The number of aromatic nitrogens is 9. The van der Waals surface area contributed by atoms with Crippen LogP contribution in [0.3, 0.4) is 0 Å². The van der Waals surface area contributed by atoms with Gasteiger partial charge in [-0.3, -0.25) is 23.3 Å². The minimum absolute atomic E-state index is 0.0453. The Kier molecular flexibility index (Phi) is 7.68. The number of rotatable bonds is 2. The first kappa shape index (κ1) is 30.9. The number of H-pyrrole nitrogens is 1. The van der Waals surface area contributed by atoms with Gasteiger partial charge in [-0.25, -0.2) is 23.0 Å². The molecule has 7 heterocycles. The number of anilines is 2. The molecule has 4 aromatic heterocycles. The summed E-state index contributed by atoms with van der Waals surface area (Å²) in [5.74, 6) is -0.280. The van der Waals surface area contributed by atoms with E-state index in [2.05, 4.69) is 35.6 Å². The zero-order valence-corrected chi connectivity index (χ0v) is 25.6. The second kappa shape index (κ2) is 11.2. The molecular formula is C19H21F2N11O9P2S2. The minimum Gasteiger partial charge on any atom is -0.397 e. The zero-order valence-electron chi connectivity index (χ0n) is 22.1. The van der Waals surface area contributed by atoms with E-state index in [1.54, 1.807) is 0 Å². The van der Waals surface area contributed by atoms with Gasteiger partial charge in [0.05, 0.1) is 24.2 Å². The minimum atomic E-state index is -5.11. The number of alkyl halides is 2. The average molecular weight is 712 g/mol. The molecule has 7 N–H and O–H groups in total. The lowest BCUT2D eigenvalue weighted by Gasteiger charge is -2.26. The summed E-state index contributed by atoms with van der Waals surface area (Å²) in [4.78, 5) is 44.2. The topological polar surface area (TPSA) is 276 Å². The molecule has 10 atom stereocenters. The molecule has 3 aliphatic rings. The highest BCUT2D eigenvalue weighted by Crippen LogP contribution is 2.57. The van der Waals surface area contributed by atoms with Crippen LogP contribution < -0.4 is 17.0 Å². The number of nitrogens with zero attached hydrogens (tertiary/aromatic N) is 8. The molecule has 45 heavy (non-hydrogen) atoms. The van der Waals surface area contributed by atoms with Crippen molar-refractivity contribution < 1.29 is 46.0 Å². The molecule has 20 nitrogen and oxygen atoms in total. The van der Waals surface area contributed by atoms with Crippen molar-refractivity contribution in [2.45, 2.75) is 47.5 Å². The second-order valence-electron chi connectivity index (χ2n) is 9.95. The maximum Gasteiger partial charge on any atom is 0.472 e. The fraction of sp³-hybridized carbons (Fsp3) is 0.526. The Morgan fingerprint density at radius 1 is 1.04 bits per heavy atom. The smallest absolute Gasteiger partial charge is 0.397 e. The summed E-state index contributed by atoms with van der Waals surface area (Å²) in [6, 6.07) is 1.46. The van der Waals surface area contributed by atoms with E-state index in [-0.39, 0.29) is 34.0 Å². The van der Waals surface area contributed by atoms with E-state index in [4.69, 9.17) is 46.1 Å². The van der Waals surface area contributed by atoms with Gasteiger partial charge in [0.2, 0.25) is 5.95 Å². The number of hydrogen-bond donors (Lipinski definition) is 5. The van der Waals surface area contributed by atoms with E-state index in [1.165, 1.54) is 12.3 Å². The quantitative estimate of drug-likeness (QED) is 0.169. The van der Waals surface area contributed by atoms with Gasteiger partial charge in [-0.05, 0) is 17.9 Å². The van der Waals surface area contributed by atoms with E-state index in [9.17, 15) is 19.1 Å². The van der Waals surface area contributed by atoms with Gasteiger partial charge < -0.3 is 30.5 Å². The summed E-state index contributed by atoms with van der Waals surface area (Å²) in [5, 5.41) is 12.9. The molecule has 7 rings (SSSR count). The SMILES string of the molecule is Nc1nc2c(nnn2[C@@H]2S[C@@H]3COP(=O)(O)O[C@H]4[C@H](F)[C@H](n5nnc6c(N)ccnc65)O[C@@H]4COP(O)(=S)O[C@@H]2[C@H]3F)c(=O)[nH]1. The van der Waals surface area contributed by atoms with Crippen LogP contribution in [0.25, 0.3) is 22.3 Å². The van der Waals surface area contributed by atoms with Crippen LogP contribution >= 0.6 is 26.3 Å². The van der Waals surface area contributed by atoms with Crippen molar-refractivity contribution in [3.8, 4) is 0 Å². The van der Waals surface area contributed by atoms with Crippen LogP contribution in [0.1, 0.15) is 11.6 Å². The molecule has 3 fully saturated rings. The highest BCUT2D eigenvalue weighted by atomic mass is 32.5. The monoisotopic (exact) mass is 711 g/mol. The molecule has 2 unspecified atom stereocenters. The number of nitrogens with two attached hydrogens (primary N) is 2. The third-order valence-corrected chi connectivity index (χ3v) is 11.1. The standard InChI is InChI=1S/C19H21F2N11O9P2S2/c20-8-7-4-37-42(34,35)40-12-6(39-17(9(12)21)31-14-10(27-29-31)5(22)1-2-24-14)3-38-43(36,44)41-13(8)18(45-7)32-15-11(28-30-32)16(33)26-19(23)25-15/h1-2,6-9,12-13,17-18H,3-4H2,(H2,22,24)(H,34,35)(H,36,44)(H3,23,25,26,33)/t6-,7-,8+,9+,12-,13-,17-,18-,43?/m1/s1. The lowest BCUT2D eigenvalue weighted by Crippen LogP contribution is -2.34. The van der Waals surface area contributed by atoms with Crippen LogP contribution in [-0.2, 0) is 39.2 Å². The molecule has 0 amide bonds. The van der Waals surface area contributed by atoms with E-state index in [1.807, 2.05) is 0 Å². The van der Waals surface area contributed by atoms with Crippen molar-refractivity contribution >= 4 is 72.1 Å². The average Bonchev–Trinajstić information content (AvgIpc) is 3.72. The third-order valence-electron chi connectivity index (χ3n) is 7.07. The molecule has 2 bridgehead atoms. The van der Waals surface area contributed by atoms with Crippen molar-refractivity contribution in [3.05, 3.63) is 22.6 Å². The first-order valence-electron chi connectivity index (χ1n) is 12.8. The lowest BCUT2D eigenvalue weighted by atomic mass is 10.1. The molecule has 0 radical (unpaired) electrons. The summed E-state index contributed by atoms with van der Waals surface area (Å²) in [7, 11) is -5.11. The molecule has 3 saturated heterocycles. The van der Waals surface area contributed by atoms with Crippen LogP contribution in [0.4, 0.5) is 20.4 Å². The van der Waals surface area contributed by atoms with Crippen LogP contribution in [0.2, 0.25) is 0 Å². The molecule has 0 aromatic carbocycles. The maximum absolute atomic E-state index is 15.9. The van der Waals surface area contributed by atoms with Crippen LogP contribution in [0.15, 0.2) is 17.1 Å². The zero-order chi connectivity index (χ0) is 31.8. The van der Waals surface area contributed by atoms with E-state index >= 15 is 8.78 Å². The number of hydrogen-bond acceptors (Lipinski definition) is 17. The largest absolute Gasteiger partial charge is 0.472 e. The van der Waals surface area contributed by atoms with Gasteiger partial charge in [0.25, 0.3) is 5.56 Å². The highest BCUT2D eigenvalue weighted by Gasteiger charge is 2.54. The maximum atomic E-state index is 15.9. The van der Waals surface area contributed by atoms with Gasteiger partial charge in [-0.2, -0.15) is 9.67 Å². The lowest BCUT2D eigenvalue weighted by molar-refractivity contribution is -0.0503. The number of phosphoric ester groups is 1. The Labute approximate surface area is 257 Å². The van der Waals surface area contributed by atoms with Gasteiger partial charge in [-0.1, -0.05) is 10.4 Å². The van der Waals surface area contributed by atoms with Crippen LogP contribution in [0.5, 0.6) is 0 Å². The van der Waals surface area contributed by atoms with Crippen molar-refractivity contribution in [1.29, 1.82) is 0 Å². The fourth-order valence-corrected chi connectivity index (χ4v) is 9.05. The van der Waals surface area contributed by atoms with Gasteiger partial charge in [0.1, 0.15) is 29.9 Å². The van der Waals surface area contributed by atoms with Gasteiger partial charge in [0.15, 0.2) is 34.7 Å². The normalized spacial score (nSPS) is 37.7. The van der Waals surface area contributed by atoms with Crippen molar-refractivity contribution in [1.82, 2.24) is 44.9 Å². The summed E-state index contributed by atoms with van der Waals surface area (Å²) >= 11 is 5.93. The second-order valence-corrected chi connectivity index (χ2v) is 15.5. The predicted octanol–water partition coefficient (Wildman–Crippen LogP) is -0.159. The number of pyridine rings is 1. The number of nitrogen functional groups attached to an aromatic ring is 2. The summed E-state index contributed by atoms with van der Waals surface area (Å²) < 4.78 is 73.8. The number of thioether (sulfide) groups is 1. The number of nitrogens with one attached hydrogen (secondary N) is 1. The van der Waals surface area contributed by atoms with Gasteiger partial charge in [0, 0.05) is 6.20 Å². The fourth-order valence-electron chi connectivity index (χ4n) is 5.06.